The van der Waals surface area contributed by atoms with Crippen molar-refractivity contribution in [3.63, 3.8) is 0 Å². The second kappa shape index (κ2) is 4.35. The van der Waals surface area contributed by atoms with Gasteiger partial charge in [0.05, 0.1) is 0 Å². The molecule has 1 aromatic carbocycles. The Bertz CT molecular complexity index is 551. The number of carboxylic acids is 1. The predicted octanol–water partition coefficient (Wildman–Crippen LogP) is 3.58. The molecule has 16 heavy (non-hydrogen) atoms. The first-order chi connectivity index (χ1) is 7.59. The lowest BCUT2D eigenvalue weighted by atomic mass is 10.2. The van der Waals surface area contributed by atoms with Crippen LogP contribution in [0.5, 0.6) is 0 Å². The molecule has 0 aliphatic carbocycles. The number of aryl methyl sites for hydroxylation is 1. The van der Waals surface area contributed by atoms with Gasteiger partial charge in [-0.25, -0.2) is 9.78 Å². The van der Waals surface area contributed by atoms with Crippen LogP contribution in [-0.4, -0.2) is 16.1 Å². The Morgan fingerprint density at radius 3 is 2.69 bits per heavy atom. The Morgan fingerprint density at radius 2 is 2.12 bits per heavy atom. The molecule has 5 heteroatoms. The molecule has 0 amide bonds. The van der Waals surface area contributed by atoms with Crippen LogP contribution in [0.4, 0.5) is 0 Å². The largest absolute Gasteiger partial charge is 0.476 e. The Hall–Kier alpha value is -1.20. The minimum atomic E-state index is -0.980. The molecule has 0 fully saturated rings. The van der Waals surface area contributed by atoms with Gasteiger partial charge in [0.25, 0.3) is 0 Å². The zero-order valence-electron chi connectivity index (χ0n) is 8.40. The van der Waals surface area contributed by atoms with E-state index < -0.39 is 5.97 Å². The molecule has 0 aliphatic heterocycles. The summed E-state index contributed by atoms with van der Waals surface area (Å²) in [5, 5.41) is 9.65. The van der Waals surface area contributed by atoms with E-state index in [1.165, 1.54) is 11.3 Å². The van der Waals surface area contributed by atoms with Crippen LogP contribution in [0.25, 0.3) is 10.6 Å². The number of aromatic nitrogens is 1. The van der Waals surface area contributed by atoms with E-state index >= 15 is 0 Å². The van der Waals surface area contributed by atoms with E-state index in [2.05, 4.69) is 20.9 Å². The highest BCUT2D eigenvalue weighted by Crippen LogP contribution is 2.32. The SMILES string of the molecule is Cc1sc(-c2ccccc2Br)nc1C(=O)O. The van der Waals surface area contributed by atoms with Gasteiger partial charge in [-0.05, 0) is 13.0 Å². The number of carboxylic acid groups (broad SMARTS) is 1. The fraction of sp³-hybridized carbons (Fsp3) is 0.0909. The molecular weight excluding hydrogens is 290 g/mol. The minimum absolute atomic E-state index is 0.135. The lowest BCUT2D eigenvalue weighted by Crippen LogP contribution is -1.98. The molecular formula is C11H8BrNO2S. The number of nitrogens with zero attached hydrogens (tertiary/aromatic N) is 1. The van der Waals surface area contributed by atoms with Crippen molar-refractivity contribution in [3.05, 3.63) is 39.3 Å². The van der Waals surface area contributed by atoms with Gasteiger partial charge < -0.3 is 5.11 Å². The fourth-order valence-corrected chi connectivity index (χ4v) is 2.89. The molecule has 2 rings (SSSR count). The normalized spacial score (nSPS) is 10.4. The van der Waals surface area contributed by atoms with E-state index in [0.29, 0.717) is 0 Å². The molecule has 1 heterocycles. The van der Waals surface area contributed by atoms with Crippen molar-refractivity contribution in [2.45, 2.75) is 6.92 Å². The van der Waals surface area contributed by atoms with Crippen LogP contribution < -0.4 is 0 Å². The van der Waals surface area contributed by atoms with Crippen LogP contribution in [0.2, 0.25) is 0 Å². The second-order valence-electron chi connectivity index (χ2n) is 3.21. The summed E-state index contributed by atoms with van der Waals surface area (Å²) < 4.78 is 0.917. The summed E-state index contributed by atoms with van der Waals surface area (Å²) in [7, 11) is 0. The third-order valence-electron chi connectivity index (χ3n) is 2.10. The molecule has 1 aromatic heterocycles. The number of thiazole rings is 1. The zero-order valence-corrected chi connectivity index (χ0v) is 10.8. The van der Waals surface area contributed by atoms with E-state index in [0.717, 1.165) is 19.9 Å². The number of benzene rings is 1. The predicted molar refractivity (Wildman–Crippen MR) is 66.9 cm³/mol. The molecule has 0 bridgehead atoms. The Balaban J connectivity index is 2.54. The van der Waals surface area contributed by atoms with Crippen molar-refractivity contribution < 1.29 is 9.90 Å². The fourth-order valence-electron chi connectivity index (χ4n) is 1.34. The topological polar surface area (TPSA) is 50.2 Å². The van der Waals surface area contributed by atoms with Crippen LogP contribution in [0.3, 0.4) is 0 Å². The molecule has 0 spiro atoms. The van der Waals surface area contributed by atoms with Gasteiger partial charge in [0.15, 0.2) is 5.69 Å². The summed E-state index contributed by atoms with van der Waals surface area (Å²) in [5.41, 5.74) is 1.05. The van der Waals surface area contributed by atoms with Crippen LogP contribution in [-0.2, 0) is 0 Å². The molecule has 0 atom stereocenters. The summed E-state index contributed by atoms with van der Waals surface area (Å²) in [6.07, 6.45) is 0. The van der Waals surface area contributed by atoms with Gasteiger partial charge in [-0.15, -0.1) is 11.3 Å². The van der Waals surface area contributed by atoms with Gasteiger partial charge in [-0.2, -0.15) is 0 Å². The molecule has 0 saturated carbocycles. The molecule has 2 aromatic rings. The maximum atomic E-state index is 10.9. The molecule has 0 radical (unpaired) electrons. The third kappa shape index (κ3) is 2.01. The van der Waals surface area contributed by atoms with Crippen molar-refractivity contribution in [3.8, 4) is 10.6 Å². The number of hydrogen-bond donors (Lipinski definition) is 1. The van der Waals surface area contributed by atoms with Gasteiger partial charge in [-0.1, -0.05) is 34.1 Å². The molecule has 0 unspecified atom stereocenters. The maximum Gasteiger partial charge on any atom is 0.355 e. The first kappa shape index (κ1) is 11.3. The molecule has 0 saturated heterocycles. The quantitative estimate of drug-likeness (QED) is 0.922. The maximum absolute atomic E-state index is 10.9. The lowest BCUT2D eigenvalue weighted by molar-refractivity contribution is 0.0690. The van der Waals surface area contributed by atoms with E-state index in [1.54, 1.807) is 6.92 Å². The Labute approximate surface area is 105 Å². The summed E-state index contributed by atoms with van der Waals surface area (Å²) in [6.45, 7) is 1.77. The number of carbonyl (C=O) groups is 1. The van der Waals surface area contributed by atoms with Crippen molar-refractivity contribution >= 4 is 33.2 Å². The van der Waals surface area contributed by atoms with Crippen molar-refractivity contribution in [1.29, 1.82) is 0 Å². The molecule has 1 N–H and O–H groups in total. The van der Waals surface area contributed by atoms with E-state index in [-0.39, 0.29) is 5.69 Å². The number of hydrogen-bond acceptors (Lipinski definition) is 3. The molecule has 82 valence electrons. The van der Waals surface area contributed by atoms with Gasteiger partial charge >= 0.3 is 5.97 Å². The summed E-state index contributed by atoms with van der Waals surface area (Å²) in [5.74, 6) is -0.980. The average Bonchev–Trinajstić information content (AvgIpc) is 2.61. The van der Waals surface area contributed by atoms with Gasteiger partial charge in [-0.3, -0.25) is 0 Å². The highest BCUT2D eigenvalue weighted by atomic mass is 79.9. The Kier molecular flexibility index (Phi) is 3.07. The van der Waals surface area contributed by atoms with E-state index in [4.69, 9.17) is 5.11 Å². The lowest BCUT2D eigenvalue weighted by Gasteiger charge is -1.98. The van der Waals surface area contributed by atoms with Gasteiger partial charge in [0.2, 0.25) is 0 Å². The first-order valence-electron chi connectivity index (χ1n) is 4.55. The monoisotopic (exact) mass is 297 g/mol. The second-order valence-corrected chi connectivity index (χ2v) is 5.27. The minimum Gasteiger partial charge on any atom is -0.476 e. The van der Waals surface area contributed by atoms with Crippen molar-refractivity contribution in [1.82, 2.24) is 4.98 Å². The van der Waals surface area contributed by atoms with Gasteiger partial charge in [0.1, 0.15) is 5.01 Å². The van der Waals surface area contributed by atoms with E-state index in [9.17, 15) is 4.79 Å². The number of aromatic carboxylic acids is 1. The standard InChI is InChI=1S/C11H8BrNO2S/c1-6-9(11(14)15)13-10(16-6)7-4-2-3-5-8(7)12/h2-5H,1H3,(H,14,15). The highest BCUT2D eigenvalue weighted by Gasteiger charge is 2.15. The van der Waals surface area contributed by atoms with Crippen LogP contribution in [0.1, 0.15) is 15.4 Å². The highest BCUT2D eigenvalue weighted by molar-refractivity contribution is 9.10. The zero-order chi connectivity index (χ0) is 11.7. The summed E-state index contributed by atoms with van der Waals surface area (Å²) in [6, 6.07) is 7.63. The molecule has 3 nitrogen and oxygen atoms in total. The number of halogens is 1. The van der Waals surface area contributed by atoms with Crippen LogP contribution >= 0.6 is 27.3 Å². The first-order valence-corrected chi connectivity index (χ1v) is 6.16. The summed E-state index contributed by atoms with van der Waals surface area (Å²) in [4.78, 5) is 15.7. The third-order valence-corrected chi connectivity index (χ3v) is 3.80. The smallest absolute Gasteiger partial charge is 0.355 e. The van der Waals surface area contributed by atoms with E-state index in [1.807, 2.05) is 24.3 Å². The Morgan fingerprint density at radius 1 is 1.44 bits per heavy atom. The number of rotatable bonds is 2. The van der Waals surface area contributed by atoms with Crippen LogP contribution in [0.15, 0.2) is 28.7 Å². The molecule has 0 aliphatic rings. The van der Waals surface area contributed by atoms with Crippen molar-refractivity contribution in [2.75, 3.05) is 0 Å². The van der Waals surface area contributed by atoms with Crippen LogP contribution in [0, 0.1) is 6.92 Å². The van der Waals surface area contributed by atoms with Crippen molar-refractivity contribution in [2.24, 2.45) is 0 Å². The summed E-state index contributed by atoms with van der Waals surface area (Å²) >= 11 is 4.81. The average molecular weight is 298 g/mol. The van der Waals surface area contributed by atoms with Gasteiger partial charge in [0, 0.05) is 14.9 Å².